The van der Waals surface area contributed by atoms with E-state index in [1.807, 2.05) is 0 Å². The van der Waals surface area contributed by atoms with Gasteiger partial charge in [-0.05, 0) is 36.4 Å². The molecular weight excluding hydrogens is 539 g/mol. The average molecular weight is 555 g/mol. The summed E-state index contributed by atoms with van der Waals surface area (Å²) in [6.07, 6.45) is -4.75. The second-order valence-corrected chi connectivity index (χ2v) is 8.80. The molecule has 0 unspecified atom stereocenters. The van der Waals surface area contributed by atoms with Crippen LogP contribution in [0.2, 0.25) is 10.0 Å². The van der Waals surface area contributed by atoms with Gasteiger partial charge < -0.3 is 15.0 Å². The van der Waals surface area contributed by atoms with Crippen molar-refractivity contribution in [3.05, 3.63) is 86.8 Å². The highest BCUT2D eigenvalue weighted by atomic mass is 35.5. The summed E-state index contributed by atoms with van der Waals surface area (Å²) in [6, 6.07) is 8.16. The van der Waals surface area contributed by atoms with Gasteiger partial charge in [-0.25, -0.2) is 9.37 Å². The van der Waals surface area contributed by atoms with Crippen molar-refractivity contribution in [2.45, 2.75) is 12.8 Å². The van der Waals surface area contributed by atoms with Gasteiger partial charge in [-0.15, -0.1) is 13.2 Å². The molecule has 0 aliphatic carbocycles. The number of ketones is 1. The Balaban J connectivity index is 1.69. The molecule has 0 bridgehead atoms. The number of pyridine rings is 1. The normalized spacial score (nSPS) is 12.8. The third-order valence-electron chi connectivity index (χ3n) is 5.26. The first-order chi connectivity index (χ1) is 17.4. The molecule has 3 aromatic rings. The fourth-order valence-corrected chi connectivity index (χ4v) is 3.77. The molecule has 0 spiro atoms. The summed E-state index contributed by atoms with van der Waals surface area (Å²) in [4.78, 5) is 31.5. The lowest BCUT2D eigenvalue weighted by Crippen LogP contribution is -2.22. The van der Waals surface area contributed by atoms with Crippen molar-refractivity contribution in [1.82, 2.24) is 9.88 Å². The lowest BCUT2D eigenvalue weighted by Gasteiger charge is -2.17. The lowest BCUT2D eigenvalue weighted by atomic mass is 9.96. The van der Waals surface area contributed by atoms with E-state index in [-0.39, 0.29) is 27.3 Å². The Bertz CT molecular complexity index is 1390. The molecule has 1 amide bonds. The number of ether oxygens (including phenoxy) is 1. The zero-order valence-electron chi connectivity index (χ0n) is 18.6. The summed E-state index contributed by atoms with van der Waals surface area (Å²) in [7, 11) is 0. The fraction of sp³-hybridized carbons (Fsp3) is 0.167. The molecule has 0 atom stereocenters. The summed E-state index contributed by atoms with van der Waals surface area (Å²) < 4.78 is 58.2. The minimum atomic E-state index is -5.17. The summed E-state index contributed by atoms with van der Waals surface area (Å²) in [5.41, 5.74) is -1.05. The minimum absolute atomic E-state index is 0.0282. The number of carbonyl (C=O) groups is 2. The number of anilines is 1. The first-order valence-corrected chi connectivity index (χ1v) is 11.3. The predicted molar refractivity (Wildman–Crippen MR) is 128 cm³/mol. The third-order valence-corrected chi connectivity index (χ3v) is 5.70. The number of Topliss-reactive ketones (excluding diaryl/α,β-unsaturated/α-hetero) is 1. The Morgan fingerprint density at radius 2 is 1.78 bits per heavy atom. The number of carbonyl (C=O) groups excluding carboxylic acids is 2. The Hall–Kier alpha value is -3.70. The number of rotatable bonds is 7. The Labute approximate surface area is 217 Å². The van der Waals surface area contributed by atoms with Crippen molar-refractivity contribution < 1.29 is 31.9 Å². The van der Waals surface area contributed by atoms with Crippen LogP contribution in [0.1, 0.15) is 31.8 Å². The second-order valence-electron chi connectivity index (χ2n) is 7.92. The van der Waals surface area contributed by atoms with E-state index in [4.69, 9.17) is 28.6 Å². The maximum absolute atomic E-state index is 14.8. The largest absolute Gasteiger partial charge is 0.573 e. The quantitative estimate of drug-likeness (QED) is 0.127. The van der Waals surface area contributed by atoms with Crippen molar-refractivity contribution in [3.63, 3.8) is 0 Å². The first-order valence-electron chi connectivity index (χ1n) is 10.6. The van der Waals surface area contributed by atoms with Crippen LogP contribution in [0, 0.1) is 11.2 Å². The van der Waals surface area contributed by atoms with E-state index >= 15 is 0 Å². The number of halogens is 6. The molecule has 2 N–H and O–H groups in total. The molecule has 1 aliphatic rings. The number of nitrogens with zero attached hydrogens (tertiary/aromatic N) is 2. The zero-order chi connectivity index (χ0) is 26.9. The molecule has 2 aromatic carbocycles. The van der Waals surface area contributed by atoms with E-state index < -0.39 is 52.7 Å². The fourth-order valence-electron chi connectivity index (χ4n) is 3.45. The van der Waals surface area contributed by atoms with Crippen molar-refractivity contribution in [3.8, 4) is 5.75 Å². The van der Waals surface area contributed by atoms with E-state index in [9.17, 15) is 27.2 Å². The van der Waals surface area contributed by atoms with Crippen LogP contribution in [0.5, 0.6) is 5.75 Å². The van der Waals surface area contributed by atoms with E-state index in [2.05, 4.69) is 15.0 Å². The van der Waals surface area contributed by atoms with Gasteiger partial charge in [-0.3, -0.25) is 15.0 Å². The molecule has 7 nitrogen and oxygen atoms in total. The van der Waals surface area contributed by atoms with E-state index in [1.54, 1.807) is 4.90 Å². The van der Waals surface area contributed by atoms with Gasteiger partial charge in [0.15, 0.2) is 5.78 Å². The first kappa shape index (κ1) is 26.4. The molecule has 37 heavy (non-hydrogen) atoms. The number of alkyl halides is 3. The number of amides is 1. The molecule has 1 aromatic heterocycles. The predicted octanol–water partition coefficient (Wildman–Crippen LogP) is 5.74. The van der Waals surface area contributed by atoms with Gasteiger partial charge in [0.25, 0.3) is 5.91 Å². The topological polar surface area (TPSA) is 95.2 Å². The van der Waals surface area contributed by atoms with Gasteiger partial charge in [0.1, 0.15) is 23.2 Å². The number of amidine groups is 1. The number of hydrogen-bond donors (Lipinski definition) is 2. The molecule has 0 radical (unpaired) electrons. The van der Waals surface area contributed by atoms with E-state index in [1.165, 1.54) is 24.4 Å². The SMILES string of the molecule is N=C(c1ccc(C(=O)Cc2c(OC(F)(F)F)cc(Cl)cc2C(=O)Nc2ccc(Cl)cn2)c(F)c1)N1CC1. The standard InChI is InChI=1S/C24H16Cl2F4N4O3/c25-13-2-4-21(32-11-13)33-23(36)17-8-14(26)9-20(37-24(28,29)30)16(17)10-19(35)15-3-1-12(7-18(15)27)22(31)34-5-6-34/h1-4,7-9,11,31H,5-6,10H2,(H,32,33,36). The van der Waals surface area contributed by atoms with Gasteiger partial charge in [-0.1, -0.05) is 29.3 Å². The van der Waals surface area contributed by atoms with Gasteiger partial charge in [0, 0.05) is 47.4 Å². The molecule has 1 aliphatic heterocycles. The minimum Gasteiger partial charge on any atom is -0.405 e. The number of hydrogen-bond acceptors (Lipinski definition) is 5. The molecule has 13 heteroatoms. The van der Waals surface area contributed by atoms with Gasteiger partial charge in [0.2, 0.25) is 0 Å². The van der Waals surface area contributed by atoms with E-state index in [0.29, 0.717) is 13.1 Å². The smallest absolute Gasteiger partial charge is 0.405 e. The number of aromatic nitrogens is 1. The van der Waals surface area contributed by atoms with Crippen LogP contribution in [0.3, 0.4) is 0 Å². The summed E-state index contributed by atoms with van der Waals surface area (Å²) in [6.45, 7) is 1.33. The van der Waals surface area contributed by atoms with E-state index in [0.717, 1.165) is 24.3 Å². The highest BCUT2D eigenvalue weighted by molar-refractivity contribution is 6.31. The summed E-state index contributed by atoms with van der Waals surface area (Å²) >= 11 is 11.7. The van der Waals surface area contributed by atoms with Crippen LogP contribution in [-0.4, -0.2) is 46.9 Å². The molecule has 0 saturated carbocycles. The van der Waals surface area contributed by atoms with Crippen LogP contribution in [0.25, 0.3) is 0 Å². The van der Waals surface area contributed by atoms with Crippen LogP contribution in [0.15, 0.2) is 48.7 Å². The number of benzene rings is 2. The average Bonchev–Trinajstić information content (AvgIpc) is 3.66. The molecule has 192 valence electrons. The van der Waals surface area contributed by atoms with Crippen LogP contribution in [-0.2, 0) is 6.42 Å². The highest BCUT2D eigenvalue weighted by Crippen LogP contribution is 2.34. The highest BCUT2D eigenvalue weighted by Gasteiger charge is 2.34. The van der Waals surface area contributed by atoms with Crippen molar-refractivity contribution in [2.75, 3.05) is 18.4 Å². The number of nitrogens with one attached hydrogen (secondary N) is 2. The van der Waals surface area contributed by atoms with Crippen molar-refractivity contribution >= 4 is 46.5 Å². The van der Waals surface area contributed by atoms with Crippen LogP contribution in [0.4, 0.5) is 23.4 Å². The summed E-state index contributed by atoms with van der Waals surface area (Å²) in [5, 5.41) is 10.4. The molecule has 1 fully saturated rings. The molecule has 2 heterocycles. The maximum Gasteiger partial charge on any atom is 0.573 e. The van der Waals surface area contributed by atoms with Crippen molar-refractivity contribution in [2.24, 2.45) is 0 Å². The van der Waals surface area contributed by atoms with Crippen LogP contribution < -0.4 is 10.1 Å². The van der Waals surface area contributed by atoms with Gasteiger partial charge >= 0.3 is 6.36 Å². The second kappa shape index (κ2) is 10.3. The van der Waals surface area contributed by atoms with Crippen molar-refractivity contribution in [1.29, 1.82) is 5.41 Å². The summed E-state index contributed by atoms with van der Waals surface area (Å²) in [5.74, 6) is -3.59. The van der Waals surface area contributed by atoms with Gasteiger partial charge in [-0.2, -0.15) is 0 Å². The monoisotopic (exact) mass is 554 g/mol. The zero-order valence-corrected chi connectivity index (χ0v) is 20.1. The van der Waals surface area contributed by atoms with Crippen LogP contribution >= 0.6 is 23.2 Å². The third kappa shape index (κ3) is 6.55. The molecule has 1 saturated heterocycles. The van der Waals surface area contributed by atoms with Gasteiger partial charge in [0.05, 0.1) is 10.6 Å². The molecule has 4 rings (SSSR count). The Kier molecular flexibility index (Phi) is 7.37. The lowest BCUT2D eigenvalue weighted by molar-refractivity contribution is -0.274. The molecular formula is C24H16Cl2F4N4O3. The Morgan fingerprint density at radius 1 is 1.05 bits per heavy atom. The maximum atomic E-state index is 14.8. The Morgan fingerprint density at radius 3 is 2.38 bits per heavy atom.